The fourth-order valence-corrected chi connectivity index (χ4v) is 2.62. The van der Waals surface area contributed by atoms with Crippen LogP contribution in [0.2, 0.25) is 0 Å². The number of aromatic nitrogens is 2. The first kappa shape index (κ1) is 13.8. The minimum Gasteiger partial charge on any atom is -0.331 e. The lowest BCUT2D eigenvalue weighted by Crippen LogP contribution is -2.16. The quantitative estimate of drug-likeness (QED) is 0.700. The molecular weight excluding hydrogens is 258 g/mol. The normalized spacial score (nSPS) is 11.1. The Balaban J connectivity index is 1.46. The van der Waals surface area contributed by atoms with E-state index in [2.05, 4.69) is 64.3 Å². The molecule has 0 saturated carbocycles. The molecule has 0 aliphatic carbocycles. The summed E-state index contributed by atoms with van der Waals surface area (Å²) in [5.74, 6) is 0. The van der Waals surface area contributed by atoms with Gasteiger partial charge in [-0.3, -0.25) is 0 Å². The Morgan fingerprint density at radius 2 is 2.00 bits per heavy atom. The third-order valence-electron chi connectivity index (χ3n) is 3.69. The Morgan fingerprint density at radius 1 is 1.10 bits per heavy atom. The molecule has 21 heavy (non-hydrogen) atoms. The largest absolute Gasteiger partial charge is 0.331 e. The average molecular weight is 279 g/mol. The summed E-state index contributed by atoms with van der Waals surface area (Å²) in [5, 5.41) is 3.51. The number of fused-ring (bicyclic) bond motifs is 1. The third kappa shape index (κ3) is 3.50. The number of para-hydroxylation sites is 2. The molecule has 0 amide bonds. The van der Waals surface area contributed by atoms with Gasteiger partial charge < -0.3 is 9.88 Å². The number of rotatable bonds is 6. The fourth-order valence-electron chi connectivity index (χ4n) is 2.62. The van der Waals surface area contributed by atoms with Crippen molar-refractivity contribution in [3.8, 4) is 0 Å². The molecule has 0 aliphatic rings. The molecule has 0 spiro atoms. The minimum absolute atomic E-state index is 0.937. The zero-order valence-corrected chi connectivity index (χ0v) is 12.4. The summed E-state index contributed by atoms with van der Waals surface area (Å²) in [6.45, 7) is 5.09. The van der Waals surface area contributed by atoms with Crippen molar-refractivity contribution in [2.45, 2.75) is 26.4 Å². The molecule has 3 rings (SSSR count). The van der Waals surface area contributed by atoms with E-state index in [1.165, 1.54) is 16.6 Å². The second-order valence-electron chi connectivity index (χ2n) is 5.45. The van der Waals surface area contributed by atoms with Gasteiger partial charge >= 0.3 is 0 Å². The number of aryl methyl sites for hydroxylation is 2. The van der Waals surface area contributed by atoms with Crippen molar-refractivity contribution in [1.82, 2.24) is 14.9 Å². The van der Waals surface area contributed by atoms with Crippen LogP contribution in [0.5, 0.6) is 0 Å². The highest BCUT2D eigenvalue weighted by Crippen LogP contribution is 2.11. The second-order valence-corrected chi connectivity index (χ2v) is 5.45. The van der Waals surface area contributed by atoms with E-state index in [0.29, 0.717) is 0 Å². The molecule has 1 heterocycles. The first-order valence-corrected chi connectivity index (χ1v) is 7.49. The maximum absolute atomic E-state index is 4.42. The number of hydrogen-bond donors (Lipinski definition) is 1. The molecule has 0 saturated heterocycles. The summed E-state index contributed by atoms with van der Waals surface area (Å²) in [5.41, 5.74) is 4.96. The Bertz CT molecular complexity index is 715. The maximum atomic E-state index is 4.42. The third-order valence-corrected chi connectivity index (χ3v) is 3.69. The molecule has 0 fully saturated rings. The van der Waals surface area contributed by atoms with Gasteiger partial charge in [-0.2, -0.15) is 0 Å². The molecular formula is C18H21N3. The van der Waals surface area contributed by atoms with Crippen molar-refractivity contribution in [1.29, 1.82) is 0 Å². The Labute approximate surface area is 125 Å². The first-order chi connectivity index (χ1) is 10.3. The zero-order chi connectivity index (χ0) is 14.5. The van der Waals surface area contributed by atoms with Crippen LogP contribution in [0, 0.1) is 6.92 Å². The topological polar surface area (TPSA) is 29.9 Å². The lowest BCUT2D eigenvalue weighted by molar-refractivity contribution is 0.588. The summed E-state index contributed by atoms with van der Waals surface area (Å²) < 4.78 is 2.23. The first-order valence-electron chi connectivity index (χ1n) is 7.49. The van der Waals surface area contributed by atoms with Gasteiger partial charge in [-0.15, -0.1) is 0 Å². The van der Waals surface area contributed by atoms with Gasteiger partial charge in [0.1, 0.15) is 0 Å². The molecule has 1 N–H and O–H groups in total. The lowest BCUT2D eigenvalue weighted by Gasteiger charge is -2.07. The highest BCUT2D eigenvalue weighted by atomic mass is 15.0. The van der Waals surface area contributed by atoms with Crippen molar-refractivity contribution < 1.29 is 0 Å². The van der Waals surface area contributed by atoms with Crippen LogP contribution in [0.1, 0.15) is 17.5 Å². The van der Waals surface area contributed by atoms with Crippen molar-refractivity contribution in [3.63, 3.8) is 0 Å². The van der Waals surface area contributed by atoms with E-state index in [4.69, 9.17) is 0 Å². The highest BCUT2D eigenvalue weighted by Gasteiger charge is 2.00. The van der Waals surface area contributed by atoms with Gasteiger partial charge in [0.25, 0.3) is 0 Å². The molecule has 0 atom stereocenters. The summed E-state index contributed by atoms with van der Waals surface area (Å²) >= 11 is 0. The van der Waals surface area contributed by atoms with Crippen LogP contribution in [0.3, 0.4) is 0 Å². The molecule has 3 heteroatoms. The number of nitrogens with one attached hydrogen (secondary N) is 1. The summed E-state index contributed by atoms with van der Waals surface area (Å²) in [7, 11) is 0. The molecule has 0 bridgehead atoms. The van der Waals surface area contributed by atoms with Crippen molar-refractivity contribution in [2.24, 2.45) is 0 Å². The molecule has 3 aromatic rings. The molecule has 0 radical (unpaired) electrons. The molecule has 1 aromatic heterocycles. The van der Waals surface area contributed by atoms with E-state index in [1.807, 2.05) is 12.4 Å². The van der Waals surface area contributed by atoms with Gasteiger partial charge in [-0.05, 0) is 37.6 Å². The molecule has 108 valence electrons. The standard InChI is InChI=1S/C18H21N3/c1-15-6-4-7-16(12-15)13-19-10-5-11-21-14-20-17-8-2-3-9-18(17)21/h2-4,6-9,12,14,19H,5,10-11,13H2,1H3. The van der Waals surface area contributed by atoms with E-state index >= 15 is 0 Å². The smallest absolute Gasteiger partial charge is 0.0958 e. The molecule has 2 aromatic carbocycles. The number of hydrogen-bond acceptors (Lipinski definition) is 2. The maximum Gasteiger partial charge on any atom is 0.0958 e. The van der Waals surface area contributed by atoms with E-state index < -0.39 is 0 Å². The molecule has 3 nitrogen and oxygen atoms in total. The van der Waals surface area contributed by atoms with Gasteiger partial charge in [0.05, 0.1) is 17.4 Å². The van der Waals surface area contributed by atoms with Crippen molar-refractivity contribution in [2.75, 3.05) is 6.54 Å². The predicted molar refractivity (Wildman–Crippen MR) is 87.2 cm³/mol. The van der Waals surface area contributed by atoms with Crippen molar-refractivity contribution in [3.05, 3.63) is 66.0 Å². The molecule has 0 unspecified atom stereocenters. The van der Waals surface area contributed by atoms with Gasteiger partial charge in [-0.1, -0.05) is 42.0 Å². The van der Waals surface area contributed by atoms with E-state index in [1.54, 1.807) is 0 Å². The van der Waals surface area contributed by atoms with Gasteiger partial charge in [0, 0.05) is 13.1 Å². The SMILES string of the molecule is Cc1cccc(CNCCCn2cnc3ccccc32)c1. The van der Waals surface area contributed by atoms with Crippen LogP contribution in [0.25, 0.3) is 11.0 Å². The van der Waals surface area contributed by atoms with Crippen LogP contribution >= 0.6 is 0 Å². The van der Waals surface area contributed by atoms with Gasteiger partial charge in [0.2, 0.25) is 0 Å². The zero-order valence-electron chi connectivity index (χ0n) is 12.4. The fraction of sp³-hybridized carbons (Fsp3) is 0.278. The molecule has 0 aliphatic heterocycles. The Hall–Kier alpha value is -2.13. The van der Waals surface area contributed by atoms with Crippen LogP contribution < -0.4 is 5.32 Å². The summed E-state index contributed by atoms with van der Waals surface area (Å²) in [6, 6.07) is 16.9. The van der Waals surface area contributed by atoms with Crippen molar-refractivity contribution >= 4 is 11.0 Å². The van der Waals surface area contributed by atoms with Crippen LogP contribution in [0.4, 0.5) is 0 Å². The number of imidazole rings is 1. The van der Waals surface area contributed by atoms with E-state index in [0.717, 1.165) is 31.6 Å². The lowest BCUT2D eigenvalue weighted by atomic mass is 10.1. The monoisotopic (exact) mass is 279 g/mol. The summed E-state index contributed by atoms with van der Waals surface area (Å²) in [4.78, 5) is 4.42. The number of benzene rings is 2. The van der Waals surface area contributed by atoms with E-state index in [9.17, 15) is 0 Å². The predicted octanol–water partition coefficient (Wildman–Crippen LogP) is 3.52. The minimum atomic E-state index is 0.937. The highest BCUT2D eigenvalue weighted by molar-refractivity contribution is 5.74. The summed E-state index contributed by atoms with van der Waals surface area (Å²) in [6.07, 6.45) is 3.04. The Morgan fingerprint density at radius 3 is 2.90 bits per heavy atom. The number of nitrogens with zero attached hydrogens (tertiary/aromatic N) is 2. The Kier molecular flexibility index (Phi) is 4.31. The average Bonchev–Trinajstić information content (AvgIpc) is 2.90. The second kappa shape index (κ2) is 6.55. The van der Waals surface area contributed by atoms with Gasteiger partial charge in [0.15, 0.2) is 0 Å². The van der Waals surface area contributed by atoms with Gasteiger partial charge in [-0.25, -0.2) is 4.98 Å². The van der Waals surface area contributed by atoms with E-state index in [-0.39, 0.29) is 0 Å². The van der Waals surface area contributed by atoms with Crippen LogP contribution in [-0.2, 0) is 13.1 Å². The van der Waals surface area contributed by atoms with Crippen LogP contribution in [-0.4, -0.2) is 16.1 Å². The van der Waals surface area contributed by atoms with Crippen LogP contribution in [0.15, 0.2) is 54.9 Å².